The lowest BCUT2D eigenvalue weighted by atomic mass is 10.2. The normalized spacial score (nSPS) is 13.8. The Hall–Kier alpha value is -0.700. The Balaban J connectivity index is 4.02. The molecule has 0 amide bonds. The maximum Gasteiger partial charge on any atom is 0.509 e. The highest BCUT2D eigenvalue weighted by Crippen LogP contribution is 2.11. The predicted molar refractivity (Wildman–Crippen MR) is 65.9 cm³/mol. The van der Waals surface area contributed by atoms with Crippen LogP contribution in [-0.4, -0.2) is 23.7 Å². The summed E-state index contributed by atoms with van der Waals surface area (Å²) in [5, 5.41) is 0. The molecule has 0 saturated carbocycles. The summed E-state index contributed by atoms with van der Waals surface area (Å²) in [4.78, 5) is 11.3. The zero-order valence-corrected chi connectivity index (χ0v) is 11.2. The molecule has 0 unspecified atom stereocenters. The molecule has 0 aliphatic heterocycles. The van der Waals surface area contributed by atoms with E-state index in [2.05, 4.69) is 0 Å². The minimum atomic E-state index is -0.664. The average molecular weight is 249 g/mol. The Bertz CT molecular complexity index is 231. The van der Waals surface area contributed by atoms with Crippen LogP contribution in [0.3, 0.4) is 0 Å². The summed E-state index contributed by atoms with van der Waals surface area (Å²) in [6, 6.07) is 0. The van der Waals surface area contributed by atoms with Gasteiger partial charge in [0, 0.05) is 6.42 Å². The van der Waals surface area contributed by atoms with Gasteiger partial charge in [-0.3, -0.25) is 0 Å². The molecule has 0 aliphatic rings. The molecule has 4 heteroatoms. The standard InChI is InChI=1S/C12H21ClO3/c1-5-6-7-8-10(9-13)15-11(14)16-12(2,3)4/h6-7,10H,5,8-9H2,1-4H3/b7-6-/t10-/m0/s1. The number of hydrogen-bond acceptors (Lipinski definition) is 3. The van der Waals surface area contributed by atoms with Crippen LogP contribution in [-0.2, 0) is 9.47 Å². The molecule has 16 heavy (non-hydrogen) atoms. The molecule has 0 saturated heterocycles. The van der Waals surface area contributed by atoms with Crippen molar-refractivity contribution >= 4 is 17.8 Å². The van der Waals surface area contributed by atoms with Crippen molar-refractivity contribution in [3.8, 4) is 0 Å². The van der Waals surface area contributed by atoms with Gasteiger partial charge in [0.25, 0.3) is 0 Å². The SMILES string of the molecule is CC/C=C\C[C@@H](CCl)OC(=O)OC(C)(C)C. The van der Waals surface area contributed by atoms with Crippen molar-refractivity contribution in [3.05, 3.63) is 12.2 Å². The van der Waals surface area contributed by atoms with E-state index >= 15 is 0 Å². The van der Waals surface area contributed by atoms with Crippen molar-refractivity contribution in [2.24, 2.45) is 0 Å². The third kappa shape index (κ3) is 8.60. The third-order valence-corrected chi connectivity index (χ3v) is 1.97. The maximum atomic E-state index is 11.3. The van der Waals surface area contributed by atoms with Crippen LogP contribution in [0.2, 0.25) is 0 Å². The van der Waals surface area contributed by atoms with Gasteiger partial charge in [-0.25, -0.2) is 4.79 Å². The van der Waals surface area contributed by atoms with Crippen LogP contribution < -0.4 is 0 Å². The zero-order valence-electron chi connectivity index (χ0n) is 10.5. The van der Waals surface area contributed by atoms with E-state index in [1.165, 1.54) is 0 Å². The first-order chi connectivity index (χ1) is 7.39. The number of carbonyl (C=O) groups excluding carboxylic acids is 1. The van der Waals surface area contributed by atoms with Crippen molar-refractivity contribution in [1.29, 1.82) is 0 Å². The maximum absolute atomic E-state index is 11.3. The lowest BCUT2D eigenvalue weighted by Crippen LogP contribution is -2.28. The van der Waals surface area contributed by atoms with Crippen LogP contribution in [0.25, 0.3) is 0 Å². The van der Waals surface area contributed by atoms with Crippen LogP contribution in [0.15, 0.2) is 12.2 Å². The number of hydrogen-bond donors (Lipinski definition) is 0. The minimum absolute atomic E-state index is 0.271. The van der Waals surface area contributed by atoms with E-state index in [1.807, 2.05) is 19.1 Å². The highest BCUT2D eigenvalue weighted by molar-refractivity contribution is 6.18. The number of allylic oxidation sites excluding steroid dienone is 1. The summed E-state index contributed by atoms with van der Waals surface area (Å²) in [5.41, 5.74) is -0.535. The van der Waals surface area contributed by atoms with E-state index in [1.54, 1.807) is 20.8 Å². The summed E-state index contributed by atoms with van der Waals surface area (Å²) in [7, 11) is 0. The van der Waals surface area contributed by atoms with Crippen LogP contribution in [0, 0.1) is 0 Å². The van der Waals surface area contributed by atoms with Gasteiger partial charge in [-0.1, -0.05) is 19.1 Å². The quantitative estimate of drug-likeness (QED) is 0.421. The molecule has 94 valence electrons. The molecule has 0 aliphatic carbocycles. The summed E-state index contributed by atoms with van der Waals surface area (Å²) in [6.07, 6.45) is 4.57. The Morgan fingerprint density at radius 3 is 2.44 bits per heavy atom. The fraction of sp³-hybridized carbons (Fsp3) is 0.750. The van der Waals surface area contributed by atoms with E-state index in [4.69, 9.17) is 21.1 Å². The van der Waals surface area contributed by atoms with Crippen LogP contribution >= 0.6 is 11.6 Å². The van der Waals surface area contributed by atoms with Crippen molar-refractivity contribution in [3.63, 3.8) is 0 Å². The van der Waals surface area contributed by atoms with E-state index in [0.717, 1.165) is 6.42 Å². The fourth-order valence-corrected chi connectivity index (χ4v) is 1.16. The Morgan fingerprint density at radius 1 is 1.38 bits per heavy atom. The van der Waals surface area contributed by atoms with Gasteiger partial charge in [-0.15, -0.1) is 11.6 Å². The number of halogens is 1. The van der Waals surface area contributed by atoms with Crippen LogP contribution in [0.5, 0.6) is 0 Å². The third-order valence-electron chi connectivity index (χ3n) is 1.63. The molecule has 0 spiro atoms. The van der Waals surface area contributed by atoms with E-state index in [-0.39, 0.29) is 12.0 Å². The number of carbonyl (C=O) groups is 1. The largest absolute Gasteiger partial charge is 0.509 e. The molecular formula is C12H21ClO3. The van der Waals surface area contributed by atoms with E-state index in [0.29, 0.717) is 6.42 Å². The van der Waals surface area contributed by atoms with Gasteiger partial charge in [0.15, 0.2) is 0 Å². The summed E-state index contributed by atoms with van der Waals surface area (Å²) >= 11 is 5.70. The van der Waals surface area contributed by atoms with Gasteiger partial charge in [-0.05, 0) is 27.2 Å². The summed E-state index contributed by atoms with van der Waals surface area (Å²) in [5.74, 6) is 0.271. The highest BCUT2D eigenvalue weighted by atomic mass is 35.5. The first-order valence-corrected chi connectivity index (χ1v) is 6.03. The van der Waals surface area contributed by atoms with Gasteiger partial charge in [-0.2, -0.15) is 0 Å². The van der Waals surface area contributed by atoms with Crippen molar-refractivity contribution in [2.45, 2.75) is 52.2 Å². The van der Waals surface area contributed by atoms with Gasteiger partial charge >= 0.3 is 6.16 Å². The monoisotopic (exact) mass is 248 g/mol. The molecule has 0 fully saturated rings. The summed E-state index contributed by atoms with van der Waals surface area (Å²) < 4.78 is 10.1. The van der Waals surface area contributed by atoms with Gasteiger partial charge in [0.2, 0.25) is 0 Å². The van der Waals surface area contributed by atoms with Gasteiger partial charge in [0.05, 0.1) is 5.88 Å². The summed E-state index contributed by atoms with van der Waals surface area (Å²) in [6.45, 7) is 7.42. The smallest absolute Gasteiger partial charge is 0.429 e. The van der Waals surface area contributed by atoms with Crippen molar-refractivity contribution < 1.29 is 14.3 Å². The Kier molecular flexibility index (Phi) is 7.22. The lowest BCUT2D eigenvalue weighted by Gasteiger charge is -2.21. The molecule has 0 radical (unpaired) electrons. The molecule has 0 bridgehead atoms. The number of alkyl halides is 1. The molecule has 1 atom stereocenters. The average Bonchev–Trinajstić information content (AvgIpc) is 2.13. The first-order valence-electron chi connectivity index (χ1n) is 5.49. The first kappa shape index (κ1) is 15.3. The molecule has 3 nitrogen and oxygen atoms in total. The second-order valence-corrected chi connectivity index (χ2v) is 4.78. The molecule has 0 aromatic carbocycles. The van der Waals surface area contributed by atoms with Crippen molar-refractivity contribution in [2.75, 3.05) is 5.88 Å². The van der Waals surface area contributed by atoms with E-state index < -0.39 is 11.8 Å². The molecule has 0 N–H and O–H groups in total. The highest BCUT2D eigenvalue weighted by Gasteiger charge is 2.20. The zero-order chi connectivity index (χ0) is 12.6. The van der Waals surface area contributed by atoms with E-state index in [9.17, 15) is 4.79 Å². The Labute approximate surface area is 103 Å². The van der Waals surface area contributed by atoms with Crippen LogP contribution in [0.1, 0.15) is 40.5 Å². The Morgan fingerprint density at radius 2 is 2.00 bits per heavy atom. The molecule has 0 aromatic heterocycles. The second-order valence-electron chi connectivity index (χ2n) is 4.47. The second kappa shape index (κ2) is 7.55. The molecule has 0 rings (SSSR count). The lowest BCUT2D eigenvalue weighted by molar-refractivity contribution is -0.0220. The molecule has 0 heterocycles. The molecule has 0 aromatic rings. The van der Waals surface area contributed by atoms with Crippen molar-refractivity contribution in [1.82, 2.24) is 0 Å². The topological polar surface area (TPSA) is 35.5 Å². The van der Waals surface area contributed by atoms with Gasteiger partial charge in [0.1, 0.15) is 11.7 Å². The van der Waals surface area contributed by atoms with Gasteiger partial charge < -0.3 is 9.47 Å². The minimum Gasteiger partial charge on any atom is -0.429 e. The van der Waals surface area contributed by atoms with Crippen LogP contribution in [0.4, 0.5) is 4.79 Å². The number of rotatable bonds is 5. The number of ether oxygens (including phenoxy) is 2. The molecular weight excluding hydrogens is 228 g/mol. The predicted octanol–water partition coefficient (Wildman–Crippen LogP) is 3.90. The fourth-order valence-electron chi connectivity index (χ4n) is 0.967.